The van der Waals surface area contributed by atoms with E-state index in [2.05, 4.69) is 15.1 Å². The van der Waals surface area contributed by atoms with E-state index in [1.807, 2.05) is 5.10 Å². The Morgan fingerprint density at radius 3 is 2.19 bits per heavy atom. The van der Waals surface area contributed by atoms with Crippen molar-refractivity contribution in [3.63, 3.8) is 0 Å². The molecule has 198 valence electrons. The Bertz CT molecular complexity index is 1110. The number of aromatic nitrogens is 4. The van der Waals surface area contributed by atoms with Crippen LogP contribution in [0.5, 0.6) is 0 Å². The molecule has 0 radical (unpaired) electrons. The lowest BCUT2D eigenvalue weighted by molar-refractivity contribution is -0.139. The summed E-state index contributed by atoms with van der Waals surface area (Å²) in [4.78, 5) is 36.7. The van der Waals surface area contributed by atoms with Crippen molar-refractivity contribution in [1.82, 2.24) is 25.1 Å². The van der Waals surface area contributed by atoms with E-state index < -0.39 is 29.0 Å². The monoisotopic (exact) mass is 521 g/mol. The fraction of sp³-hybridized carbons (Fsp3) is 0.571. The van der Waals surface area contributed by atoms with Crippen molar-refractivity contribution in [2.45, 2.75) is 39.0 Å². The molecule has 3 rings (SSSR count). The largest absolute Gasteiger partial charge is 0.422 e. The van der Waals surface area contributed by atoms with Crippen molar-refractivity contribution in [3.8, 4) is 0 Å². The molecule has 1 amide bonds. The molecule has 1 aliphatic rings. The van der Waals surface area contributed by atoms with E-state index >= 15 is 0 Å². The summed E-state index contributed by atoms with van der Waals surface area (Å²) in [5.41, 5.74) is -3.82. The number of H-pyrrole nitrogens is 1. The highest BCUT2D eigenvalue weighted by Gasteiger charge is 2.38. The predicted octanol–water partition coefficient (Wildman–Crippen LogP) is 2.86. The van der Waals surface area contributed by atoms with Gasteiger partial charge in [0.05, 0.1) is 5.56 Å². The average Bonchev–Trinajstić information content (AvgIpc) is 2.81. The average molecular weight is 521 g/mol. The van der Waals surface area contributed by atoms with E-state index in [-0.39, 0.29) is 36.2 Å². The number of nitrogens with one attached hydrogen (secondary N) is 1. The Morgan fingerprint density at radius 2 is 1.67 bits per heavy atom. The van der Waals surface area contributed by atoms with Crippen molar-refractivity contribution in [2.24, 2.45) is 0 Å². The molecule has 1 fully saturated rings. The van der Waals surface area contributed by atoms with Gasteiger partial charge in [-0.2, -0.15) is 31.4 Å². The van der Waals surface area contributed by atoms with Gasteiger partial charge in [0.15, 0.2) is 5.82 Å². The van der Waals surface area contributed by atoms with Crippen molar-refractivity contribution >= 4 is 17.7 Å². The van der Waals surface area contributed by atoms with Gasteiger partial charge in [0, 0.05) is 63.6 Å². The van der Waals surface area contributed by atoms with Crippen LogP contribution in [0.3, 0.4) is 0 Å². The number of anilines is 2. The predicted molar refractivity (Wildman–Crippen MR) is 118 cm³/mol. The molecule has 1 aliphatic heterocycles. The number of hydrogen-bond donors (Lipinski definition) is 1. The lowest BCUT2D eigenvalue weighted by Crippen LogP contribution is -2.49. The first kappa shape index (κ1) is 27.2. The summed E-state index contributed by atoms with van der Waals surface area (Å²) in [6, 6.07) is 0. The number of carbonyl (C=O) groups excluding carboxylic acids is 1. The molecule has 1 N–H and O–H groups in total. The number of piperazine rings is 1. The number of nitrogens with zero attached hydrogens (tertiary/aromatic N) is 6. The Hall–Kier alpha value is -3.39. The van der Waals surface area contributed by atoms with Crippen LogP contribution in [0.25, 0.3) is 0 Å². The van der Waals surface area contributed by atoms with E-state index in [4.69, 9.17) is 0 Å². The molecule has 3 heterocycles. The summed E-state index contributed by atoms with van der Waals surface area (Å²) in [7, 11) is 0. The number of halogens is 6. The zero-order valence-corrected chi connectivity index (χ0v) is 19.6. The van der Waals surface area contributed by atoms with Gasteiger partial charge in [-0.3, -0.25) is 9.59 Å². The second-order valence-corrected chi connectivity index (χ2v) is 8.19. The molecule has 9 nitrogen and oxygen atoms in total. The van der Waals surface area contributed by atoms with Crippen LogP contribution in [-0.4, -0.2) is 70.2 Å². The van der Waals surface area contributed by atoms with Gasteiger partial charge in [-0.25, -0.2) is 15.1 Å². The highest BCUT2D eigenvalue weighted by atomic mass is 19.4. The Balaban J connectivity index is 1.53. The van der Waals surface area contributed by atoms with Crippen LogP contribution in [-0.2, 0) is 17.1 Å². The van der Waals surface area contributed by atoms with Crippen LogP contribution < -0.4 is 15.4 Å². The normalized spacial score (nSPS) is 14.8. The topological polar surface area (TPSA) is 98.3 Å². The maximum atomic E-state index is 13.2. The molecule has 36 heavy (non-hydrogen) atoms. The third-order valence-corrected chi connectivity index (χ3v) is 5.86. The second-order valence-electron chi connectivity index (χ2n) is 8.19. The third kappa shape index (κ3) is 6.23. The molecule has 0 saturated carbocycles. The van der Waals surface area contributed by atoms with E-state index in [9.17, 15) is 35.9 Å². The smallest absolute Gasteiger partial charge is 0.355 e. The lowest BCUT2D eigenvalue weighted by Gasteiger charge is -2.35. The lowest BCUT2D eigenvalue weighted by atomic mass is 10.1. The van der Waals surface area contributed by atoms with E-state index in [1.54, 1.807) is 21.6 Å². The van der Waals surface area contributed by atoms with Gasteiger partial charge in [0.2, 0.25) is 11.9 Å². The summed E-state index contributed by atoms with van der Waals surface area (Å²) >= 11 is 0. The van der Waals surface area contributed by atoms with Crippen LogP contribution in [0.4, 0.5) is 38.1 Å². The number of carbonyl (C=O) groups is 1. The molecule has 0 aliphatic carbocycles. The molecule has 0 aromatic carbocycles. The molecular formula is C21H25F6N7O2. The number of amides is 1. The second kappa shape index (κ2) is 10.7. The Morgan fingerprint density at radius 1 is 1.06 bits per heavy atom. The molecule has 0 atom stereocenters. The van der Waals surface area contributed by atoms with Crippen LogP contribution in [0, 0.1) is 6.92 Å². The molecule has 2 aromatic rings. The minimum absolute atomic E-state index is 0.00188. The SMILES string of the molecule is CCN(CCCC(=O)N1CCN(c2ncc(C(F)(F)F)cn2)CC1)c1n[nH]c(=O)c(C(F)(F)F)c1C. The van der Waals surface area contributed by atoms with Crippen molar-refractivity contribution in [2.75, 3.05) is 49.1 Å². The van der Waals surface area contributed by atoms with Crippen LogP contribution in [0.1, 0.15) is 36.5 Å². The van der Waals surface area contributed by atoms with Gasteiger partial charge in [0.1, 0.15) is 5.56 Å². The first-order chi connectivity index (χ1) is 16.8. The third-order valence-electron chi connectivity index (χ3n) is 5.86. The standard InChI is InChI=1S/C21H25F6N7O2/c1-3-32(17-13(2)16(21(25,26)27)18(36)31-30-17)6-4-5-15(35)33-7-9-34(10-8-33)19-28-11-14(12-29-19)20(22,23)24/h11-12H,3-10H2,1-2H3,(H,31,36). The maximum Gasteiger partial charge on any atom is 0.422 e. The highest BCUT2D eigenvalue weighted by Crippen LogP contribution is 2.32. The summed E-state index contributed by atoms with van der Waals surface area (Å²) in [5, 5.41) is 5.68. The molecule has 0 spiro atoms. The number of hydrogen-bond acceptors (Lipinski definition) is 7. The van der Waals surface area contributed by atoms with Gasteiger partial charge in [-0.1, -0.05) is 0 Å². The van der Waals surface area contributed by atoms with E-state index in [1.165, 1.54) is 6.92 Å². The van der Waals surface area contributed by atoms with Crippen LogP contribution in [0.15, 0.2) is 17.2 Å². The van der Waals surface area contributed by atoms with Gasteiger partial charge in [-0.15, -0.1) is 0 Å². The van der Waals surface area contributed by atoms with Gasteiger partial charge >= 0.3 is 12.4 Å². The molecule has 1 saturated heterocycles. The first-order valence-electron chi connectivity index (χ1n) is 11.2. The van der Waals surface area contributed by atoms with E-state index in [0.717, 1.165) is 12.4 Å². The highest BCUT2D eigenvalue weighted by molar-refractivity contribution is 5.76. The number of aromatic amines is 1. The van der Waals surface area contributed by atoms with Crippen LogP contribution >= 0.6 is 0 Å². The van der Waals surface area contributed by atoms with Gasteiger partial charge in [-0.05, 0) is 20.3 Å². The van der Waals surface area contributed by atoms with E-state index in [0.29, 0.717) is 39.1 Å². The first-order valence-corrected chi connectivity index (χ1v) is 11.2. The maximum absolute atomic E-state index is 13.2. The Labute approximate surface area is 202 Å². The van der Waals surface area contributed by atoms with Crippen LogP contribution in [0.2, 0.25) is 0 Å². The molecule has 0 bridgehead atoms. The van der Waals surface area contributed by atoms with Crippen molar-refractivity contribution < 1.29 is 31.1 Å². The Kier molecular flexibility index (Phi) is 8.09. The summed E-state index contributed by atoms with van der Waals surface area (Å²) < 4.78 is 77.8. The fourth-order valence-corrected chi connectivity index (χ4v) is 3.95. The molecule has 2 aromatic heterocycles. The van der Waals surface area contributed by atoms with Crippen molar-refractivity contribution in [3.05, 3.63) is 39.4 Å². The van der Waals surface area contributed by atoms with Gasteiger partial charge < -0.3 is 14.7 Å². The molecule has 0 unspecified atom stereocenters. The minimum Gasteiger partial charge on any atom is -0.355 e. The summed E-state index contributed by atoms with van der Waals surface area (Å²) in [6.45, 7) is 4.83. The zero-order chi connectivity index (χ0) is 26.7. The molecular weight excluding hydrogens is 496 g/mol. The quantitative estimate of drug-likeness (QED) is 0.560. The minimum atomic E-state index is -4.82. The van der Waals surface area contributed by atoms with Crippen molar-refractivity contribution in [1.29, 1.82) is 0 Å². The number of rotatable bonds is 7. The summed E-state index contributed by atoms with van der Waals surface area (Å²) in [5.74, 6) is -0.00103. The zero-order valence-electron chi connectivity index (χ0n) is 19.6. The fourth-order valence-electron chi connectivity index (χ4n) is 3.95. The number of alkyl halides is 6. The summed E-state index contributed by atoms with van der Waals surface area (Å²) in [6.07, 6.45) is -7.42. The van der Waals surface area contributed by atoms with Gasteiger partial charge in [0.25, 0.3) is 5.56 Å². The molecule has 15 heteroatoms.